The van der Waals surface area contributed by atoms with Crippen LogP contribution in [0.3, 0.4) is 0 Å². The van der Waals surface area contributed by atoms with Crippen molar-refractivity contribution in [2.24, 2.45) is 4.99 Å². The number of methoxy groups -OCH3 is 1. The van der Waals surface area contributed by atoms with Crippen LogP contribution in [0.5, 0.6) is 23.0 Å². The summed E-state index contributed by atoms with van der Waals surface area (Å²) in [5.74, 6) is 2.40. The molecule has 6 nitrogen and oxygen atoms in total. The lowest BCUT2D eigenvalue weighted by Gasteiger charge is -2.08. The molecule has 1 aliphatic rings. The fourth-order valence-electron chi connectivity index (χ4n) is 2.62. The summed E-state index contributed by atoms with van der Waals surface area (Å²) in [6.07, 6.45) is 0. The molecule has 1 N–H and O–H groups in total. The van der Waals surface area contributed by atoms with E-state index in [1.165, 1.54) is 24.5 Å². The minimum Gasteiger partial charge on any atom is -0.504 e. The van der Waals surface area contributed by atoms with Gasteiger partial charge in [-0.3, -0.25) is 9.79 Å². The number of fused-ring (bicyclic) bond motifs is 1. The molecule has 0 saturated heterocycles. The Balaban J connectivity index is 1.60. The Bertz CT molecular complexity index is 1060. The van der Waals surface area contributed by atoms with Gasteiger partial charge in [-0.1, -0.05) is 0 Å². The van der Waals surface area contributed by atoms with Crippen molar-refractivity contribution in [3.05, 3.63) is 41.4 Å². The Morgan fingerprint density at radius 3 is 2.74 bits per heavy atom. The molecular weight excluding hydrogens is 384 g/mol. The van der Waals surface area contributed by atoms with Crippen molar-refractivity contribution in [2.75, 3.05) is 12.9 Å². The van der Waals surface area contributed by atoms with Crippen LogP contribution in [0, 0.1) is 0 Å². The Labute approximate surface area is 163 Å². The van der Waals surface area contributed by atoms with Crippen molar-refractivity contribution in [1.82, 2.24) is 4.98 Å². The number of aromatic hydroxyl groups is 1. The molecule has 2 aromatic carbocycles. The second-order valence-electron chi connectivity index (χ2n) is 5.96. The van der Waals surface area contributed by atoms with Crippen LogP contribution in [0.4, 0.5) is 0 Å². The molecule has 0 saturated carbocycles. The maximum atomic E-state index is 11.5. The molecule has 0 fully saturated rings. The van der Waals surface area contributed by atoms with E-state index >= 15 is 0 Å². The van der Waals surface area contributed by atoms with E-state index in [9.17, 15) is 9.90 Å². The van der Waals surface area contributed by atoms with Crippen LogP contribution in [0.15, 0.2) is 41.4 Å². The number of nitrogens with zero attached hydrogens (tertiary/aromatic N) is 2. The summed E-state index contributed by atoms with van der Waals surface area (Å²) >= 11 is 3.09. The largest absolute Gasteiger partial charge is 0.504 e. The number of hydrogen-bond donors (Lipinski definition) is 1. The number of ether oxygens (including phenoxy) is 2. The van der Waals surface area contributed by atoms with Crippen molar-refractivity contribution in [2.45, 2.75) is 13.0 Å². The molecule has 138 valence electrons. The summed E-state index contributed by atoms with van der Waals surface area (Å²) in [5, 5.41) is 11.3. The first-order valence-electron chi connectivity index (χ1n) is 8.20. The van der Waals surface area contributed by atoms with E-state index in [2.05, 4.69) is 9.98 Å². The predicted molar refractivity (Wildman–Crippen MR) is 108 cm³/mol. The summed E-state index contributed by atoms with van der Waals surface area (Å²) in [6.45, 7) is 1.57. The molecule has 1 atom stereocenters. The van der Waals surface area contributed by atoms with Crippen molar-refractivity contribution in [3.63, 3.8) is 0 Å². The normalized spacial score (nSPS) is 16.4. The van der Waals surface area contributed by atoms with Crippen LogP contribution in [-0.4, -0.2) is 39.8 Å². The molecule has 3 aromatic rings. The number of phenolic OH excluding ortho intramolecular Hbond substituents is 1. The van der Waals surface area contributed by atoms with E-state index in [1.54, 1.807) is 30.8 Å². The molecular formula is C19H16N2O4S2. The zero-order chi connectivity index (χ0) is 19.0. The molecule has 1 unspecified atom stereocenters. The van der Waals surface area contributed by atoms with E-state index in [4.69, 9.17) is 9.47 Å². The van der Waals surface area contributed by atoms with Gasteiger partial charge in [0, 0.05) is 17.9 Å². The molecule has 27 heavy (non-hydrogen) atoms. The van der Waals surface area contributed by atoms with Gasteiger partial charge in [-0.2, -0.15) is 0 Å². The second-order valence-corrected chi connectivity index (χ2v) is 8.00. The van der Waals surface area contributed by atoms with Gasteiger partial charge in [0.2, 0.25) is 0 Å². The maximum absolute atomic E-state index is 11.5. The minimum absolute atomic E-state index is 0.0612. The van der Waals surface area contributed by atoms with Crippen LogP contribution in [0.25, 0.3) is 10.2 Å². The molecule has 0 aliphatic carbocycles. The van der Waals surface area contributed by atoms with Gasteiger partial charge in [0.1, 0.15) is 27.6 Å². The number of ketones is 1. The molecule has 0 amide bonds. The van der Waals surface area contributed by atoms with E-state index in [1.807, 2.05) is 18.2 Å². The van der Waals surface area contributed by atoms with Crippen molar-refractivity contribution in [3.8, 4) is 23.0 Å². The zero-order valence-electron chi connectivity index (χ0n) is 14.6. The number of aromatic nitrogens is 1. The topological polar surface area (TPSA) is 81.0 Å². The van der Waals surface area contributed by atoms with Crippen LogP contribution >= 0.6 is 23.1 Å². The summed E-state index contributed by atoms with van der Waals surface area (Å²) in [6, 6.07) is 10.2. The van der Waals surface area contributed by atoms with Gasteiger partial charge in [-0.05, 0) is 31.2 Å². The number of carbonyl (C=O) groups is 1. The number of thioether (sulfide) groups is 1. The first-order chi connectivity index (χ1) is 13.0. The second kappa shape index (κ2) is 7.21. The molecule has 0 bridgehead atoms. The zero-order valence-corrected chi connectivity index (χ0v) is 16.3. The fourth-order valence-corrected chi connectivity index (χ4v) is 4.80. The highest BCUT2D eigenvalue weighted by atomic mass is 32.2. The lowest BCUT2D eigenvalue weighted by molar-refractivity contribution is -0.117. The van der Waals surface area contributed by atoms with Crippen molar-refractivity contribution in [1.29, 1.82) is 0 Å². The Morgan fingerprint density at radius 2 is 2.00 bits per heavy atom. The SMILES string of the molecule is COc1cc(Oc2ccc3nc(C4=NC(C(C)=O)CS4)sc3c2)ccc1O. The third kappa shape index (κ3) is 3.63. The predicted octanol–water partition coefficient (Wildman–Crippen LogP) is 4.25. The van der Waals surface area contributed by atoms with Gasteiger partial charge in [0.05, 0.1) is 17.3 Å². The molecule has 0 spiro atoms. The van der Waals surface area contributed by atoms with Crippen LogP contribution in [-0.2, 0) is 4.79 Å². The van der Waals surface area contributed by atoms with Gasteiger partial charge in [0.15, 0.2) is 17.3 Å². The number of thiazole rings is 1. The van der Waals surface area contributed by atoms with Gasteiger partial charge >= 0.3 is 0 Å². The standard InChI is InChI=1S/C19H16N2O4S2/c1-10(22)14-9-26-18(21-14)19-20-13-5-3-12(8-17(13)27-19)25-11-4-6-15(23)16(7-11)24-2/h3-8,14,23H,9H2,1-2H3. The van der Waals surface area contributed by atoms with Crippen LogP contribution < -0.4 is 9.47 Å². The van der Waals surface area contributed by atoms with Gasteiger partial charge in [-0.25, -0.2) is 4.98 Å². The summed E-state index contributed by atoms with van der Waals surface area (Å²) in [7, 11) is 1.49. The maximum Gasteiger partial charge on any atom is 0.164 e. The van der Waals surface area contributed by atoms with E-state index < -0.39 is 0 Å². The summed E-state index contributed by atoms with van der Waals surface area (Å²) in [5.41, 5.74) is 0.861. The fraction of sp³-hybridized carbons (Fsp3) is 0.211. The number of rotatable bonds is 5. The first-order valence-corrected chi connectivity index (χ1v) is 10.0. The molecule has 0 radical (unpaired) electrons. The average Bonchev–Trinajstić information content (AvgIpc) is 3.29. The molecule has 1 aliphatic heterocycles. The highest BCUT2D eigenvalue weighted by molar-refractivity contribution is 8.15. The Morgan fingerprint density at radius 1 is 1.22 bits per heavy atom. The third-order valence-electron chi connectivity index (χ3n) is 4.05. The molecule has 1 aromatic heterocycles. The van der Waals surface area contributed by atoms with Crippen LogP contribution in [0.1, 0.15) is 11.9 Å². The first kappa shape index (κ1) is 17.8. The lowest BCUT2D eigenvalue weighted by Crippen LogP contribution is -2.14. The monoisotopic (exact) mass is 400 g/mol. The van der Waals surface area contributed by atoms with Crippen molar-refractivity contribution < 1.29 is 19.4 Å². The number of phenols is 1. The average molecular weight is 400 g/mol. The molecule has 2 heterocycles. The smallest absolute Gasteiger partial charge is 0.164 e. The number of Topliss-reactive ketones (excluding diaryl/α,β-unsaturated/α-hetero) is 1. The highest BCUT2D eigenvalue weighted by Crippen LogP contribution is 2.35. The number of carbonyl (C=O) groups excluding carboxylic acids is 1. The van der Waals surface area contributed by atoms with Gasteiger partial charge in [0.25, 0.3) is 0 Å². The van der Waals surface area contributed by atoms with Gasteiger partial charge in [-0.15, -0.1) is 23.1 Å². The van der Waals surface area contributed by atoms with E-state index in [0.29, 0.717) is 23.0 Å². The lowest BCUT2D eigenvalue weighted by atomic mass is 10.2. The minimum atomic E-state index is -0.264. The van der Waals surface area contributed by atoms with E-state index in [-0.39, 0.29) is 17.6 Å². The number of aliphatic imine (C=N–C) groups is 1. The van der Waals surface area contributed by atoms with Crippen LogP contribution in [0.2, 0.25) is 0 Å². The van der Waals surface area contributed by atoms with Gasteiger partial charge < -0.3 is 14.6 Å². The van der Waals surface area contributed by atoms with Crippen molar-refractivity contribution >= 4 is 44.1 Å². The molecule has 4 rings (SSSR count). The number of hydrogen-bond acceptors (Lipinski definition) is 8. The summed E-state index contributed by atoms with van der Waals surface area (Å²) < 4.78 is 12.0. The van der Waals surface area contributed by atoms with E-state index in [0.717, 1.165) is 20.3 Å². The molecule has 8 heteroatoms. The Kier molecular flexibility index (Phi) is 4.75. The Hall–Kier alpha value is -2.58. The third-order valence-corrected chi connectivity index (χ3v) is 6.26. The highest BCUT2D eigenvalue weighted by Gasteiger charge is 2.24. The number of benzene rings is 2. The quantitative estimate of drug-likeness (QED) is 0.689. The summed E-state index contributed by atoms with van der Waals surface area (Å²) in [4.78, 5) is 20.6.